The number of unbranched alkanes of at least 4 members (excludes halogenated alkanes) is 1. The Morgan fingerprint density at radius 2 is 1.74 bits per heavy atom. The number of hydrogen-bond acceptors (Lipinski definition) is 8. The number of para-hydroxylation sites is 2. The van der Waals surface area contributed by atoms with E-state index in [1.165, 1.54) is 28.9 Å². The Kier molecular flexibility index (Phi) is 9.46. The minimum Gasteiger partial charge on any atom is -0.507 e. The molecule has 42 heavy (non-hydrogen) atoms. The fourth-order valence-corrected chi connectivity index (χ4v) is 5.03. The Morgan fingerprint density at radius 3 is 2.38 bits per heavy atom. The summed E-state index contributed by atoms with van der Waals surface area (Å²) in [5.41, 5.74) is 1.94. The fourth-order valence-electron chi connectivity index (χ4n) is 5.03. The number of phenolic OH excluding ortho intramolecular Hbond substituents is 1. The minimum atomic E-state index is -1.20. The molecular weight excluding hydrogens is 544 g/mol. The van der Waals surface area contributed by atoms with Crippen molar-refractivity contribution in [2.75, 3.05) is 29.5 Å². The molecule has 3 N–H and O–H groups in total. The van der Waals surface area contributed by atoms with Crippen LogP contribution in [-0.4, -0.2) is 72.8 Å². The number of cyclic esters (lactones) is 1. The maximum absolute atomic E-state index is 13.9. The van der Waals surface area contributed by atoms with Gasteiger partial charge in [0.25, 0.3) is 11.8 Å². The van der Waals surface area contributed by atoms with Crippen molar-refractivity contribution in [1.82, 2.24) is 10.6 Å². The number of anilines is 2. The average Bonchev–Trinajstić information content (AvgIpc) is 3.24. The summed E-state index contributed by atoms with van der Waals surface area (Å²) in [4.78, 5) is 67.7. The molecule has 12 nitrogen and oxygen atoms in total. The van der Waals surface area contributed by atoms with Crippen LogP contribution >= 0.6 is 0 Å². The van der Waals surface area contributed by atoms with Crippen LogP contribution in [0.3, 0.4) is 0 Å². The smallest absolute Gasteiger partial charge is 0.310 e. The van der Waals surface area contributed by atoms with Crippen LogP contribution in [0, 0.1) is 13.8 Å². The van der Waals surface area contributed by atoms with Crippen LogP contribution in [-0.2, 0) is 28.7 Å². The number of ether oxygens (including phenoxy) is 2. The highest BCUT2D eigenvalue weighted by atomic mass is 16.7. The number of carbonyl (C=O) groups excluding carboxylic acids is 5. The Morgan fingerprint density at radius 1 is 1.07 bits per heavy atom. The van der Waals surface area contributed by atoms with E-state index in [2.05, 4.69) is 10.6 Å². The van der Waals surface area contributed by atoms with E-state index in [1.54, 1.807) is 38.1 Å². The first kappa shape index (κ1) is 30.5. The van der Waals surface area contributed by atoms with Gasteiger partial charge in [0.2, 0.25) is 18.1 Å². The maximum Gasteiger partial charge on any atom is 0.310 e. The second-order valence-electron chi connectivity index (χ2n) is 10.5. The lowest BCUT2D eigenvalue weighted by Crippen LogP contribution is -2.55. The van der Waals surface area contributed by atoms with Crippen molar-refractivity contribution in [3.63, 3.8) is 0 Å². The molecule has 2 heterocycles. The largest absolute Gasteiger partial charge is 0.507 e. The molecule has 0 spiro atoms. The summed E-state index contributed by atoms with van der Waals surface area (Å²) >= 11 is 0. The average molecular weight is 581 g/mol. The molecule has 4 amide bonds. The van der Waals surface area contributed by atoms with Crippen molar-refractivity contribution in [2.45, 2.75) is 65.3 Å². The Labute approximate surface area is 243 Å². The van der Waals surface area contributed by atoms with E-state index in [9.17, 15) is 29.1 Å². The van der Waals surface area contributed by atoms with Gasteiger partial charge in [-0.05, 0) is 55.7 Å². The topological polar surface area (TPSA) is 155 Å². The van der Waals surface area contributed by atoms with Gasteiger partial charge in [0.05, 0.1) is 30.9 Å². The van der Waals surface area contributed by atoms with E-state index in [-0.39, 0.29) is 30.2 Å². The minimum absolute atomic E-state index is 0.0693. The molecule has 224 valence electrons. The molecule has 1 fully saturated rings. The van der Waals surface area contributed by atoms with Crippen molar-refractivity contribution < 1.29 is 38.6 Å². The monoisotopic (exact) mass is 580 g/mol. The van der Waals surface area contributed by atoms with Gasteiger partial charge in [0.1, 0.15) is 24.4 Å². The van der Waals surface area contributed by atoms with Gasteiger partial charge in [-0.3, -0.25) is 28.9 Å². The van der Waals surface area contributed by atoms with Gasteiger partial charge in [-0.1, -0.05) is 25.5 Å². The van der Waals surface area contributed by atoms with Crippen LogP contribution in [0.5, 0.6) is 5.75 Å². The number of rotatable bonds is 9. The first-order valence-electron chi connectivity index (χ1n) is 13.9. The second kappa shape index (κ2) is 13.0. The number of nitrogens with zero attached hydrogens (tertiary/aromatic N) is 2. The number of esters is 1. The van der Waals surface area contributed by atoms with E-state index < -0.39 is 48.6 Å². The van der Waals surface area contributed by atoms with Crippen LogP contribution in [0.15, 0.2) is 36.4 Å². The van der Waals surface area contributed by atoms with Gasteiger partial charge in [-0.25, -0.2) is 0 Å². The number of amides is 4. The first-order valence-corrected chi connectivity index (χ1v) is 13.9. The molecule has 0 bridgehead atoms. The van der Waals surface area contributed by atoms with Crippen LogP contribution in [0.2, 0.25) is 0 Å². The number of benzene rings is 2. The number of nitrogens with one attached hydrogen (secondary N) is 2. The van der Waals surface area contributed by atoms with Crippen molar-refractivity contribution in [3.05, 3.63) is 53.1 Å². The molecule has 1 unspecified atom stereocenters. The van der Waals surface area contributed by atoms with Crippen LogP contribution in [0.4, 0.5) is 11.4 Å². The highest BCUT2D eigenvalue weighted by Crippen LogP contribution is 2.33. The third kappa shape index (κ3) is 6.71. The zero-order valence-electron chi connectivity index (χ0n) is 24.1. The lowest BCUT2D eigenvalue weighted by Gasteiger charge is -2.26. The summed E-state index contributed by atoms with van der Waals surface area (Å²) in [7, 11) is 0. The lowest BCUT2D eigenvalue weighted by atomic mass is 10.0. The summed E-state index contributed by atoms with van der Waals surface area (Å²) in [6.07, 6.45) is 0.638. The maximum atomic E-state index is 13.9. The van der Waals surface area contributed by atoms with Gasteiger partial charge in [-0.15, -0.1) is 0 Å². The Bertz CT molecular complexity index is 1370. The van der Waals surface area contributed by atoms with E-state index in [1.807, 2.05) is 6.92 Å². The molecule has 2 aliphatic rings. The SMILES string of the molecule is CCCCOC1OC(=O)C[C@@H]1NC(=O)CN1C(=O)[C@@H](NC(=O)c2cc(C)c(O)c(C)c2)CN(C(C)=O)c2ccccc21. The van der Waals surface area contributed by atoms with Gasteiger partial charge in [-0.2, -0.15) is 0 Å². The fraction of sp³-hybridized carbons (Fsp3) is 0.433. The highest BCUT2D eigenvalue weighted by Gasteiger charge is 2.40. The third-order valence-electron chi connectivity index (χ3n) is 7.22. The standard InChI is InChI=1S/C30H36N4O8/c1-5-6-11-41-30-21(14-26(37)42-30)31-25(36)16-34-24-10-8-7-9-23(24)33(19(4)35)15-22(29(34)40)32-28(39)20-12-17(2)27(38)18(3)13-20/h7-10,12-13,21-22,30,38H,5-6,11,14-16H2,1-4H3,(H,31,36)(H,32,39)/t21-,22-,30?/m0/s1. The molecule has 0 aliphatic carbocycles. The highest BCUT2D eigenvalue weighted by molar-refractivity contribution is 6.10. The zero-order valence-corrected chi connectivity index (χ0v) is 24.1. The van der Waals surface area contributed by atoms with Gasteiger partial charge in [0, 0.05) is 12.5 Å². The summed E-state index contributed by atoms with van der Waals surface area (Å²) in [5, 5.41) is 15.6. The van der Waals surface area contributed by atoms with E-state index in [0.717, 1.165) is 12.8 Å². The Hall–Kier alpha value is -4.45. The normalized spacial score (nSPS) is 20.0. The molecule has 2 aromatic carbocycles. The van der Waals surface area contributed by atoms with Crippen LogP contribution in [0.1, 0.15) is 54.6 Å². The van der Waals surface area contributed by atoms with Crippen molar-refractivity contribution in [2.24, 2.45) is 0 Å². The summed E-state index contributed by atoms with van der Waals surface area (Å²) in [6, 6.07) is 7.74. The second-order valence-corrected chi connectivity index (χ2v) is 10.5. The third-order valence-corrected chi connectivity index (χ3v) is 7.22. The van der Waals surface area contributed by atoms with E-state index in [4.69, 9.17) is 9.47 Å². The predicted molar refractivity (Wildman–Crippen MR) is 153 cm³/mol. The number of aryl methyl sites for hydroxylation is 2. The van der Waals surface area contributed by atoms with Crippen molar-refractivity contribution in [1.29, 1.82) is 0 Å². The van der Waals surface area contributed by atoms with Crippen molar-refractivity contribution in [3.8, 4) is 5.75 Å². The van der Waals surface area contributed by atoms with E-state index in [0.29, 0.717) is 29.1 Å². The number of phenols is 1. The molecular formula is C30H36N4O8. The number of carbonyl (C=O) groups is 5. The van der Waals surface area contributed by atoms with Crippen LogP contribution in [0.25, 0.3) is 0 Å². The number of hydrogen-bond donors (Lipinski definition) is 3. The summed E-state index contributed by atoms with van der Waals surface area (Å²) in [5.74, 6) is -2.54. The van der Waals surface area contributed by atoms with E-state index >= 15 is 0 Å². The van der Waals surface area contributed by atoms with Gasteiger partial charge >= 0.3 is 5.97 Å². The Balaban J connectivity index is 1.59. The number of aromatic hydroxyl groups is 1. The first-order chi connectivity index (χ1) is 20.0. The molecule has 3 atom stereocenters. The molecule has 2 aromatic rings. The molecule has 0 radical (unpaired) electrons. The molecule has 0 aromatic heterocycles. The quantitative estimate of drug-likeness (QED) is 0.301. The van der Waals surface area contributed by atoms with Gasteiger partial charge in [0.15, 0.2) is 0 Å². The zero-order chi connectivity index (χ0) is 30.6. The van der Waals surface area contributed by atoms with Crippen LogP contribution < -0.4 is 20.4 Å². The molecule has 2 aliphatic heterocycles. The molecule has 0 saturated carbocycles. The predicted octanol–water partition coefficient (Wildman–Crippen LogP) is 2.08. The molecule has 1 saturated heterocycles. The molecule has 4 rings (SSSR count). The number of fused-ring (bicyclic) bond motifs is 1. The van der Waals surface area contributed by atoms with Gasteiger partial charge < -0.3 is 30.1 Å². The molecule has 12 heteroatoms. The van der Waals surface area contributed by atoms with Crippen molar-refractivity contribution >= 4 is 41.0 Å². The summed E-state index contributed by atoms with van der Waals surface area (Å²) in [6.45, 7) is 6.42. The lowest BCUT2D eigenvalue weighted by molar-refractivity contribution is -0.165. The summed E-state index contributed by atoms with van der Waals surface area (Å²) < 4.78 is 10.8.